The van der Waals surface area contributed by atoms with Crippen LogP contribution in [0.4, 0.5) is 0 Å². The van der Waals surface area contributed by atoms with Gasteiger partial charge in [0.05, 0.1) is 11.1 Å². The van der Waals surface area contributed by atoms with Gasteiger partial charge in [-0.3, -0.25) is 4.79 Å². The molecule has 0 aliphatic rings. The summed E-state index contributed by atoms with van der Waals surface area (Å²) in [6.45, 7) is 5.99. The molecule has 0 fully saturated rings. The van der Waals surface area contributed by atoms with Gasteiger partial charge in [-0.05, 0) is 56.7 Å². The van der Waals surface area contributed by atoms with Crippen molar-refractivity contribution >= 4 is 34.4 Å². The lowest BCUT2D eigenvalue weighted by atomic mass is 10.0. The fraction of sp³-hybridized carbons (Fsp3) is 0.261. The Balaban J connectivity index is 1.69. The number of hydrogen-bond donors (Lipinski definition) is 0. The molecule has 1 amide bonds. The van der Waals surface area contributed by atoms with Crippen LogP contribution in [0.15, 0.2) is 60.7 Å². The standard InChI is InChI=1S/C23H23ClN2O3/c1-23(2,3)26(14-16-7-5-4-6-8-16)21(27)15-29-22(28)18-9-11-19-17(13-18)10-12-20(24)25-19/h4-13H,14-15H2,1-3H3. The number of esters is 1. The molecule has 150 valence electrons. The minimum atomic E-state index is -0.552. The van der Waals surface area contributed by atoms with Gasteiger partial charge in [-0.15, -0.1) is 0 Å². The summed E-state index contributed by atoms with van der Waals surface area (Å²) in [6.07, 6.45) is 0. The van der Waals surface area contributed by atoms with Gasteiger partial charge in [0.25, 0.3) is 5.91 Å². The smallest absolute Gasteiger partial charge is 0.338 e. The summed E-state index contributed by atoms with van der Waals surface area (Å²) in [5.41, 5.74) is 1.65. The van der Waals surface area contributed by atoms with Crippen LogP contribution in [0.25, 0.3) is 10.9 Å². The molecular formula is C23H23ClN2O3. The predicted octanol–water partition coefficient (Wildman–Crippen LogP) is 4.87. The average molecular weight is 411 g/mol. The Hall–Kier alpha value is -2.92. The van der Waals surface area contributed by atoms with E-state index >= 15 is 0 Å². The molecule has 3 rings (SSSR count). The first-order valence-electron chi connectivity index (χ1n) is 9.32. The summed E-state index contributed by atoms with van der Waals surface area (Å²) in [4.78, 5) is 31.2. The van der Waals surface area contributed by atoms with E-state index in [0.717, 1.165) is 10.9 Å². The van der Waals surface area contributed by atoms with Crippen molar-refractivity contribution < 1.29 is 14.3 Å². The first-order valence-corrected chi connectivity index (χ1v) is 9.70. The van der Waals surface area contributed by atoms with Crippen molar-refractivity contribution in [3.8, 4) is 0 Å². The van der Waals surface area contributed by atoms with Crippen LogP contribution in [0.5, 0.6) is 0 Å². The Morgan fingerprint density at radius 1 is 1.03 bits per heavy atom. The maximum Gasteiger partial charge on any atom is 0.338 e. The molecule has 0 N–H and O–H groups in total. The maximum atomic E-state index is 12.8. The first kappa shape index (κ1) is 20.8. The summed E-state index contributed by atoms with van der Waals surface area (Å²) in [5.74, 6) is -0.798. The highest BCUT2D eigenvalue weighted by Crippen LogP contribution is 2.19. The Labute approximate surface area is 175 Å². The van der Waals surface area contributed by atoms with Crippen LogP contribution in [-0.2, 0) is 16.1 Å². The monoisotopic (exact) mass is 410 g/mol. The summed E-state index contributed by atoms with van der Waals surface area (Å²) in [5, 5.41) is 1.16. The molecule has 0 saturated carbocycles. The zero-order chi connectivity index (χ0) is 21.0. The Morgan fingerprint density at radius 2 is 1.76 bits per heavy atom. The predicted molar refractivity (Wildman–Crippen MR) is 114 cm³/mol. The SMILES string of the molecule is CC(C)(C)N(Cc1ccccc1)C(=O)COC(=O)c1ccc2nc(Cl)ccc2c1. The number of benzene rings is 2. The molecule has 0 spiro atoms. The molecule has 29 heavy (non-hydrogen) atoms. The number of pyridine rings is 1. The molecule has 2 aromatic carbocycles. The van der Waals surface area contributed by atoms with E-state index < -0.39 is 11.5 Å². The highest BCUT2D eigenvalue weighted by molar-refractivity contribution is 6.29. The third-order valence-corrected chi connectivity index (χ3v) is 4.72. The van der Waals surface area contributed by atoms with E-state index in [1.54, 1.807) is 35.2 Å². The topological polar surface area (TPSA) is 59.5 Å². The van der Waals surface area contributed by atoms with E-state index in [2.05, 4.69) is 4.98 Å². The van der Waals surface area contributed by atoms with Crippen molar-refractivity contribution in [2.75, 3.05) is 6.61 Å². The molecule has 0 unspecified atom stereocenters. The zero-order valence-electron chi connectivity index (χ0n) is 16.7. The van der Waals surface area contributed by atoms with Crippen LogP contribution in [0.1, 0.15) is 36.7 Å². The number of carbonyl (C=O) groups excluding carboxylic acids is 2. The van der Waals surface area contributed by atoms with Gasteiger partial charge in [0.1, 0.15) is 5.15 Å². The summed E-state index contributed by atoms with van der Waals surface area (Å²) in [6, 6.07) is 18.2. The van der Waals surface area contributed by atoms with Crippen LogP contribution in [-0.4, -0.2) is 33.9 Å². The van der Waals surface area contributed by atoms with Crippen molar-refractivity contribution in [2.24, 2.45) is 0 Å². The van der Waals surface area contributed by atoms with Crippen molar-refractivity contribution in [3.63, 3.8) is 0 Å². The second kappa shape index (κ2) is 8.62. The summed E-state index contributed by atoms with van der Waals surface area (Å²) >= 11 is 5.89. The lowest BCUT2D eigenvalue weighted by Crippen LogP contribution is -2.46. The van der Waals surface area contributed by atoms with Gasteiger partial charge < -0.3 is 9.64 Å². The summed E-state index contributed by atoms with van der Waals surface area (Å²) in [7, 11) is 0. The highest BCUT2D eigenvalue weighted by Gasteiger charge is 2.27. The zero-order valence-corrected chi connectivity index (χ0v) is 17.4. The number of carbonyl (C=O) groups is 2. The average Bonchev–Trinajstić information content (AvgIpc) is 2.69. The van der Waals surface area contributed by atoms with Gasteiger partial charge >= 0.3 is 5.97 Å². The number of amides is 1. The molecule has 6 heteroatoms. The molecule has 3 aromatic rings. The molecule has 0 saturated heterocycles. The van der Waals surface area contributed by atoms with Crippen LogP contribution < -0.4 is 0 Å². The number of nitrogens with zero attached hydrogens (tertiary/aromatic N) is 2. The largest absolute Gasteiger partial charge is 0.452 e. The third-order valence-electron chi connectivity index (χ3n) is 4.51. The van der Waals surface area contributed by atoms with Gasteiger partial charge in [-0.2, -0.15) is 0 Å². The van der Waals surface area contributed by atoms with Crippen molar-refractivity contribution in [1.29, 1.82) is 0 Å². The quantitative estimate of drug-likeness (QED) is 0.444. The first-order chi connectivity index (χ1) is 13.7. The second-order valence-corrected chi connectivity index (χ2v) is 8.14. The Bertz CT molecular complexity index is 1030. The number of ether oxygens (including phenoxy) is 1. The van der Waals surface area contributed by atoms with Gasteiger partial charge in [0.15, 0.2) is 6.61 Å². The number of fused-ring (bicyclic) bond motifs is 1. The van der Waals surface area contributed by atoms with Gasteiger partial charge in [-0.1, -0.05) is 41.9 Å². The van der Waals surface area contributed by atoms with E-state index in [1.807, 2.05) is 51.1 Å². The highest BCUT2D eigenvalue weighted by atomic mass is 35.5. The fourth-order valence-corrected chi connectivity index (χ4v) is 3.14. The summed E-state index contributed by atoms with van der Waals surface area (Å²) < 4.78 is 5.30. The number of rotatable bonds is 5. The molecule has 0 radical (unpaired) electrons. The Morgan fingerprint density at radius 3 is 2.45 bits per heavy atom. The fourth-order valence-electron chi connectivity index (χ4n) is 2.98. The van der Waals surface area contributed by atoms with E-state index in [4.69, 9.17) is 16.3 Å². The van der Waals surface area contributed by atoms with Crippen LogP contribution in [0.3, 0.4) is 0 Å². The van der Waals surface area contributed by atoms with Gasteiger partial charge in [0.2, 0.25) is 0 Å². The Kier molecular flexibility index (Phi) is 6.18. The number of hydrogen-bond acceptors (Lipinski definition) is 4. The van der Waals surface area contributed by atoms with E-state index in [0.29, 0.717) is 22.8 Å². The normalized spacial score (nSPS) is 11.3. The molecule has 1 heterocycles. The van der Waals surface area contributed by atoms with Crippen LogP contribution in [0.2, 0.25) is 5.15 Å². The van der Waals surface area contributed by atoms with Crippen molar-refractivity contribution in [2.45, 2.75) is 32.9 Å². The number of halogens is 1. The van der Waals surface area contributed by atoms with Gasteiger partial charge in [-0.25, -0.2) is 9.78 Å². The molecule has 0 atom stereocenters. The molecular weight excluding hydrogens is 388 g/mol. The second-order valence-electron chi connectivity index (χ2n) is 7.75. The molecule has 0 aliphatic carbocycles. The molecule has 1 aromatic heterocycles. The number of aromatic nitrogens is 1. The maximum absolute atomic E-state index is 12.8. The minimum absolute atomic E-state index is 0.246. The molecule has 0 aliphatic heterocycles. The lowest BCUT2D eigenvalue weighted by Gasteiger charge is -2.35. The minimum Gasteiger partial charge on any atom is -0.452 e. The molecule has 0 bridgehead atoms. The van der Waals surface area contributed by atoms with E-state index in [-0.39, 0.29) is 12.5 Å². The van der Waals surface area contributed by atoms with Crippen molar-refractivity contribution in [1.82, 2.24) is 9.88 Å². The van der Waals surface area contributed by atoms with E-state index in [1.165, 1.54) is 0 Å². The lowest BCUT2D eigenvalue weighted by molar-refractivity contribution is -0.140. The van der Waals surface area contributed by atoms with Crippen LogP contribution in [0, 0.1) is 0 Å². The molecule has 5 nitrogen and oxygen atoms in total. The van der Waals surface area contributed by atoms with E-state index in [9.17, 15) is 9.59 Å². The van der Waals surface area contributed by atoms with Crippen LogP contribution >= 0.6 is 11.6 Å². The van der Waals surface area contributed by atoms with Gasteiger partial charge in [0, 0.05) is 17.5 Å². The third kappa shape index (κ3) is 5.33. The van der Waals surface area contributed by atoms with Crippen molar-refractivity contribution in [3.05, 3.63) is 76.9 Å².